The minimum Gasteiger partial charge on any atom is -0.370 e. The first-order valence-corrected chi connectivity index (χ1v) is 7.98. The number of hydrogen-bond donors (Lipinski definition) is 1. The van der Waals surface area contributed by atoms with Crippen molar-refractivity contribution in [3.63, 3.8) is 0 Å². The highest BCUT2D eigenvalue weighted by atomic mass is 35.5. The number of anilines is 1. The summed E-state index contributed by atoms with van der Waals surface area (Å²) >= 11 is 6.06. The van der Waals surface area contributed by atoms with E-state index < -0.39 is 0 Å². The predicted octanol–water partition coefficient (Wildman–Crippen LogP) is 3.88. The molecule has 1 fully saturated rings. The van der Waals surface area contributed by atoms with E-state index in [1.54, 1.807) is 0 Å². The van der Waals surface area contributed by atoms with Gasteiger partial charge in [0.15, 0.2) is 0 Å². The molecular weight excluding hydrogens is 299 g/mol. The Bertz CT molecular complexity index is 629. The molecule has 2 atom stereocenters. The van der Waals surface area contributed by atoms with Gasteiger partial charge < -0.3 is 10.6 Å². The van der Waals surface area contributed by atoms with Crippen molar-refractivity contribution >= 4 is 17.3 Å². The minimum absolute atomic E-state index is 0.142. The summed E-state index contributed by atoms with van der Waals surface area (Å²) in [6.07, 6.45) is 1.97. The molecule has 2 N–H and O–H groups in total. The molecule has 116 valence electrons. The van der Waals surface area contributed by atoms with Crippen molar-refractivity contribution in [1.29, 1.82) is 0 Å². The summed E-state index contributed by atoms with van der Waals surface area (Å²) in [6.45, 7) is 1.75. The quantitative estimate of drug-likeness (QED) is 0.930. The third kappa shape index (κ3) is 3.79. The van der Waals surface area contributed by atoms with Gasteiger partial charge in [-0.15, -0.1) is 0 Å². The molecule has 0 aliphatic carbocycles. The molecule has 0 amide bonds. The molecule has 22 heavy (non-hydrogen) atoms. The number of piperidine rings is 1. The molecule has 0 saturated carbocycles. The Morgan fingerprint density at radius 2 is 1.91 bits per heavy atom. The van der Waals surface area contributed by atoms with Crippen LogP contribution in [-0.2, 0) is 6.42 Å². The first-order chi connectivity index (χ1) is 10.6. The van der Waals surface area contributed by atoms with E-state index in [0.717, 1.165) is 36.6 Å². The lowest BCUT2D eigenvalue weighted by Gasteiger charge is -2.38. The first-order valence-electron chi connectivity index (χ1n) is 7.60. The fourth-order valence-electron chi connectivity index (χ4n) is 3.25. The second-order valence-corrected chi connectivity index (χ2v) is 6.51. The van der Waals surface area contributed by atoms with Gasteiger partial charge in [-0.25, -0.2) is 4.39 Å². The Labute approximate surface area is 135 Å². The molecule has 1 heterocycles. The summed E-state index contributed by atoms with van der Waals surface area (Å²) < 4.78 is 13.1. The molecule has 4 heteroatoms. The van der Waals surface area contributed by atoms with E-state index in [9.17, 15) is 4.39 Å². The average molecular weight is 319 g/mol. The van der Waals surface area contributed by atoms with Gasteiger partial charge in [-0.3, -0.25) is 0 Å². The Balaban J connectivity index is 1.72. The molecule has 1 saturated heterocycles. The normalized spacial score (nSPS) is 21.9. The fourth-order valence-corrected chi connectivity index (χ4v) is 3.47. The summed E-state index contributed by atoms with van der Waals surface area (Å²) in [5, 5.41) is 0.771. The molecule has 0 bridgehead atoms. The van der Waals surface area contributed by atoms with Crippen LogP contribution in [-0.4, -0.2) is 19.1 Å². The molecule has 0 aromatic heterocycles. The van der Waals surface area contributed by atoms with Crippen molar-refractivity contribution in [2.24, 2.45) is 11.7 Å². The van der Waals surface area contributed by atoms with Crippen LogP contribution in [0.25, 0.3) is 0 Å². The van der Waals surface area contributed by atoms with Gasteiger partial charge in [0.1, 0.15) is 5.82 Å². The van der Waals surface area contributed by atoms with E-state index in [1.165, 1.54) is 17.7 Å². The van der Waals surface area contributed by atoms with Crippen molar-refractivity contribution in [3.05, 3.63) is 64.9 Å². The summed E-state index contributed by atoms with van der Waals surface area (Å²) in [5.74, 6) is 0.271. The lowest BCUT2D eigenvalue weighted by Crippen LogP contribution is -2.47. The summed E-state index contributed by atoms with van der Waals surface area (Å²) in [4.78, 5) is 2.25. The monoisotopic (exact) mass is 318 g/mol. The number of nitrogens with two attached hydrogens (primary N) is 1. The van der Waals surface area contributed by atoms with Crippen LogP contribution in [0, 0.1) is 11.7 Å². The molecular formula is C18H20ClFN2. The molecule has 2 aromatic carbocycles. The highest BCUT2D eigenvalue weighted by Gasteiger charge is 2.25. The van der Waals surface area contributed by atoms with E-state index in [4.69, 9.17) is 17.3 Å². The summed E-state index contributed by atoms with van der Waals surface area (Å²) in [5.41, 5.74) is 8.50. The molecule has 0 spiro atoms. The zero-order valence-corrected chi connectivity index (χ0v) is 13.1. The van der Waals surface area contributed by atoms with E-state index in [0.29, 0.717) is 5.92 Å². The van der Waals surface area contributed by atoms with Crippen LogP contribution in [0.3, 0.4) is 0 Å². The maximum Gasteiger partial charge on any atom is 0.123 e. The lowest BCUT2D eigenvalue weighted by atomic mass is 9.89. The fraction of sp³-hybridized carbons (Fsp3) is 0.333. The van der Waals surface area contributed by atoms with Gasteiger partial charge in [-0.1, -0.05) is 23.7 Å². The maximum absolute atomic E-state index is 13.1. The van der Waals surface area contributed by atoms with E-state index in [2.05, 4.69) is 11.0 Å². The van der Waals surface area contributed by atoms with E-state index in [-0.39, 0.29) is 11.9 Å². The predicted molar refractivity (Wildman–Crippen MR) is 89.9 cm³/mol. The van der Waals surface area contributed by atoms with Crippen LogP contribution in [0.4, 0.5) is 10.1 Å². The average Bonchev–Trinajstić information content (AvgIpc) is 2.47. The topological polar surface area (TPSA) is 29.3 Å². The van der Waals surface area contributed by atoms with Crippen molar-refractivity contribution in [2.45, 2.75) is 18.9 Å². The number of hydrogen-bond acceptors (Lipinski definition) is 2. The number of halogens is 2. The SMILES string of the molecule is NC1CC(Cc2cccc(Cl)c2)CN(c2ccc(F)cc2)C1. The third-order valence-corrected chi connectivity index (χ3v) is 4.41. The van der Waals surface area contributed by atoms with Crippen molar-refractivity contribution in [3.8, 4) is 0 Å². The zero-order valence-electron chi connectivity index (χ0n) is 12.4. The Hall–Kier alpha value is -1.58. The zero-order chi connectivity index (χ0) is 15.5. The van der Waals surface area contributed by atoms with Gasteiger partial charge in [-0.05, 0) is 60.7 Å². The van der Waals surface area contributed by atoms with Gasteiger partial charge in [0, 0.05) is 29.8 Å². The van der Waals surface area contributed by atoms with Crippen molar-refractivity contribution < 1.29 is 4.39 Å². The molecule has 2 nitrogen and oxygen atoms in total. The van der Waals surface area contributed by atoms with Gasteiger partial charge >= 0.3 is 0 Å². The maximum atomic E-state index is 13.1. The Morgan fingerprint density at radius 3 is 2.64 bits per heavy atom. The number of benzene rings is 2. The Morgan fingerprint density at radius 1 is 1.14 bits per heavy atom. The molecule has 2 aromatic rings. The van der Waals surface area contributed by atoms with E-state index in [1.807, 2.05) is 30.3 Å². The molecule has 0 radical (unpaired) electrons. The lowest BCUT2D eigenvalue weighted by molar-refractivity contribution is 0.374. The molecule has 3 rings (SSSR count). The van der Waals surface area contributed by atoms with Gasteiger partial charge in [-0.2, -0.15) is 0 Å². The third-order valence-electron chi connectivity index (χ3n) is 4.17. The second kappa shape index (κ2) is 6.67. The van der Waals surface area contributed by atoms with Crippen LogP contribution in [0.1, 0.15) is 12.0 Å². The van der Waals surface area contributed by atoms with E-state index >= 15 is 0 Å². The molecule has 2 unspecified atom stereocenters. The second-order valence-electron chi connectivity index (χ2n) is 6.08. The Kier molecular flexibility index (Phi) is 4.65. The van der Waals surface area contributed by atoms with Gasteiger partial charge in [0.2, 0.25) is 0 Å². The summed E-state index contributed by atoms with van der Waals surface area (Å²) in [6, 6.07) is 14.8. The number of rotatable bonds is 3. The molecule has 1 aliphatic heterocycles. The van der Waals surface area contributed by atoms with Gasteiger partial charge in [0.25, 0.3) is 0 Å². The first kappa shape index (κ1) is 15.3. The standard InChI is InChI=1S/C18H20ClFN2/c19-15-3-1-2-13(9-15)8-14-10-17(21)12-22(11-14)18-6-4-16(20)5-7-18/h1-7,9,14,17H,8,10-12,21H2. The van der Waals surface area contributed by atoms with Crippen LogP contribution >= 0.6 is 11.6 Å². The van der Waals surface area contributed by atoms with Crippen LogP contribution in [0.2, 0.25) is 5.02 Å². The molecule has 1 aliphatic rings. The van der Waals surface area contributed by atoms with Crippen LogP contribution < -0.4 is 10.6 Å². The largest absolute Gasteiger partial charge is 0.370 e. The number of nitrogens with zero attached hydrogens (tertiary/aromatic N) is 1. The minimum atomic E-state index is -0.208. The van der Waals surface area contributed by atoms with Crippen LogP contribution in [0.5, 0.6) is 0 Å². The highest BCUT2D eigenvalue weighted by Crippen LogP contribution is 2.26. The van der Waals surface area contributed by atoms with Crippen molar-refractivity contribution in [1.82, 2.24) is 0 Å². The smallest absolute Gasteiger partial charge is 0.123 e. The van der Waals surface area contributed by atoms with Crippen LogP contribution in [0.15, 0.2) is 48.5 Å². The summed E-state index contributed by atoms with van der Waals surface area (Å²) in [7, 11) is 0. The van der Waals surface area contributed by atoms with Gasteiger partial charge in [0.05, 0.1) is 0 Å². The van der Waals surface area contributed by atoms with Crippen molar-refractivity contribution in [2.75, 3.05) is 18.0 Å². The highest BCUT2D eigenvalue weighted by molar-refractivity contribution is 6.30.